The number of ether oxygens (including phenoxy) is 1. The summed E-state index contributed by atoms with van der Waals surface area (Å²) in [6.45, 7) is 0.797. The lowest BCUT2D eigenvalue weighted by molar-refractivity contribution is 0.351. The zero-order valence-electron chi connectivity index (χ0n) is 12.0. The second kappa shape index (κ2) is 6.59. The number of nitrogens with one attached hydrogen (secondary N) is 1. The molecular formula is C16H22ClNOS. The van der Waals surface area contributed by atoms with Crippen LogP contribution in [0.3, 0.4) is 0 Å². The van der Waals surface area contributed by atoms with Crippen molar-refractivity contribution < 1.29 is 4.74 Å². The number of hydrogen-bond donors (Lipinski definition) is 1. The molecule has 2 nitrogen and oxygen atoms in total. The normalized spacial score (nSPS) is 23.2. The van der Waals surface area contributed by atoms with Gasteiger partial charge in [-0.2, -0.15) is 11.8 Å². The van der Waals surface area contributed by atoms with Gasteiger partial charge in [0.05, 0.1) is 6.61 Å². The molecule has 0 aromatic heterocycles. The molecule has 1 aromatic carbocycles. The van der Waals surface area contributed by atoms with Crippen LogP contribution in [0.4, 0.5) is 0 Å². The summed E-state index contributed by atoms with van der Waals surface area (Å²) in [7, 11) is 2.07. The summed E-state index contributed by atoms with van der Waals surface area (Å²) in [6, 6.07) is 4.65. The maximum Gasteiger partial charge on any atom is 0.125 e. The second-order valence-electron chi connectivity index (χ2n) is 5.66. The Bertz CT molecular complexity index is 474. The summed E-state index contributed by atoms with van der Waals surface area (Å²) >= 11 is 8.38. The molecule has 3 rings (SSSR count). The predicted molar refractivity (Wildman–Crippen MR) is 87.3 cm³/mol. The number of benzene rings is 1. The highest BCUT2D eigenvalue weighted by Gasteiger charge is 2.26. The molecule has 2 atom stereocenters. The van der Waals surface area contributed by atoms with Crippen LogP contribution in [0.1, 0.15) is 30.4 Å². The van der Waals surface area contributed by atoms with Crippen molar-refractivity contribution in [1.82, 2.24) is 5.32 Å². The van der Waals surface area contributed by atoms with Gasteiger partial charge in [0.15, 0.2) is 0 Å². The van der Waals surface area contributed by atoms with Crippen LogP contribution in [0.15, 0.2) is 12.1 Å². The molecule has 0 amide bonds. The molecule has 0 radical (unpaired) electrons. The van der Waals surface area contributed by atoms with E-state index in [2.05, 4.69) is 36.3 Å². The molecule has 0 aliphatic carbocycles. The number of halogens is 1. The Morgan fingerprint density at radius 1 is 1.45 bits per heavy atom. The maximum absolute atomic E-state index is 6.26. The SMILES string of the molecule is CNC(Cc1cc(Cl)cc2c1OCC2)C1CCCCS1. The molecule has 1 fully saturated rings. The van der Waals surface area contributed by atoms with Crippen molar-refractivity contribution in [3.05, 3.63) is 28.3 Å². The van der Waals surface area contributed by atoms with Gasteiger partial charge < -0.3 is 10.1 Å². The Kier molecular flexibility index (Phi) is 4.79. The fourth-order valence-corrected chi connectivity index (χ4v) is 4.97. The lowest BCUT2D eigenvalue weighted by atomic mass is 9.97. The van der Waals surface area contributed by atoms with Gasteiger partial charge in [-0.1, -0.05) is 18.0 Å². The van der Waals surface area contributed by atoms with E-state index < -0.39 is 0 Å². The average molecular weight is 312 g/mol. The van der Waals surface area contributed by atoms with Gasteiger partial charge in [0.25, 0.3) is 0 Å². The average Bonchev–Trinajstić information content (AvgIpc) is 2.93. The van der Waals surface area contributed by atoms with E-state index >= 15 is 0 Å². The summed E-state index contributed by atoms with van der Waals surface area (Å²) in [6.07, 6.45) is 6.05. The third-order valence-electron chi connectivity index (χ3n) is 4.30. The van der Waals surface area contributed by atoms with Gasteiger partial charge in [-0.15, -0.1) is 0 Å². The van der Waals surface area contributed by atoms with Crippen LogP contribution in [0.2, 0.25) is 5.02 Å². The van der Waals surface area contributed by atoms with Crippen molar-refractivity contribution >= 4 is 23.4 Å². The van der Waals surface area contributed by atoms with E-state index in [1.165, 1.54) is 36.1 Å². The van der Waals surface area contributed by atoms with Crippen molar-refractivity contribution in [3.8, 4) is 5.75 Å². The maximum atomic E-state index is 6.26. The Hall–Kier alpha value is -0.380. The van der Waals surface area contributed by atoms with Gasteiger partial charge in [-0.25, -0.2) is 0 Å². The summed E-state index contributed by atoms with van der Waals surface area (Å²) < 4.78 is 5.82. The highest BCUT2D eigenvalue weighted by atomic mass is 35.5. The van der Waals surface area contributed by atoms with E-state index in [-0.39, 0.29) is 0 Å². The molecule has 2 aliphatic rings. The first-order valence-electron chi connectivity index (χ1n) is 7.51. The van der Waals surface area contributed by atoms with Crippen LogP contribution in [0.25, 0.3) is 0 Å². The Labute approximate surface area is 130 Å². The molecule has 1 N–H and O–H groups in total. The summed E-state index contributed by atoms with van der Waals surface area (Å²) in [5, 5.41) is 5.07. The van der Waals surface area contributed by atoms with Crippen LogP contribution in [0.5, 0.6) is 5.75 Å². The van der Waals surface area contributed by atoms with E-state index in [9.17, 15) is 0 Å². The summed E-state index contributed by atoms with van der Waals surface area (Å²) in [5.41, 5.74) is 2.55. The number of likely N-dealkylation sites (N-methyl/N-ethyl adjacent to an activating group) is 1. The number of rotatable bonds is 4. The van der Waals surface area contributed by atoms with Crippen molar-refractivity contribution in [1.29, 1.82) is 0 Å². The third kappa shape index (κ3) is 3.10. The second-order valence-corrected chi connectivity index (χ2v) is 7.44. The van der Waals surface area contributed by atoms with Gasteiger partial charge in [0.1, 0.15) is 5.75 Å². The topological polar surface area (TPSA) is 21.3 Å². The molecule has 110 valence electrons. The molecule has 0 saturated carbocycles. The van der Waals surface area contributed by atoms with Crippen LogP contribution in [-0.4, -0.2) is 30.7 Å². The largest absolute Gasteiger partial charge is 0.493 e. The van der Waals surface area contributed by atoms with Gasteiger partial charge >= 0.3 is 0 Å². The Morgan fingerprint density at radius 3 is 3.10 bits per heavy atom. The molecule has 4 heteroatoms. The van der Waals surface area contributed by atoms with Crippen molar-refractivity contribution in [2.75, 3.05) is 19.4 Å². The molecular weight excluding hydrogens is 290 g/mol. The predicted octanol–water partition coefficient (Wildman–Crippen LogP) is 3.69. The smallest absolute Gasteiger partial charge is 0.125 e. The molecule has 2 heterocycles. The molecule has 0 bridgehead atoms. The molecule has 20 heavy (non-hydrogen) atoms. The quantitative estimate of drug-likeness (QED) is 0.916. The van der Waals surface area contributed by atoms with Crippen molar-refractivity contribution in [2.24, 2.45) is 0 Å². The van der Waals surface area contributed by atoms with E-state index in [0.29, 0.717) is 11.3 Å². The van der Waals surface area contributed by atoms with E-state index in [1.54, 1.807) is 0 Å². The van der Waals surface area contributed by atoms with Gasteiger partial charge in [0, 0.05) is 22.7 Å². The van der Waals surface area contributed by atoms with Crippen molar-refractivity contribution in [3.63, 3.8) is 0 Å². The zero-order valence-corrected chi connectivity index (χ0v) is 13.5. The first-order chi connectivity index (χ1) is 9.78. The Balaban J connectivity index is 1.78. The molecule has 1 saturated heterocycles. The van der Waals surface area contributed by atoms with Gasteiger partial charge in [-0.05, 0) is 55.3 Å². The highest BCUT2D eigenvalue weighted by Crippen LogP contribution is 2.35. The first-order valence-corrected chi connectivity index (χ1v) is 8.93. The third-order valence-corrected chi connectivity index (χ3v) is 6.03. The monoisotopic (exact) mass is 311 g/mol. The summed E-state index contributed by atoms with van der Waals surface area (Å²) in [5.74, 6) is 2.39. The van der Waals surface area contributed by atoms with Crippen LogP contribution in [0, 0.1) is 0 Å². The van der Waals surface area contributed by atoms with Crippen LogP contribution in [-0.2, 0) is 12.8 Å². The van der Waals surface area contributed by atoms with Crippen LogP contribution < -0.4 is 10.1 Å². The number of hydrogen-bond acceptors (Lipinski definition) is 3. The van der Waals surface area contributed by atoms with Gasteiger partial charge in [-0.3, -0.25) is 0 Å². The minimum absolute atomic E-state index is 0.507. The number of fused-ring (bicyclic) bond motifs is 1. The zero-order chi connectivity index (χ0) is 13.9. The molecule has 1 aromatic rings. The van der Waals surface area contributed by atoms with Crippen molar-refractivity contribution in [2.45, 2.75) is 43.4 Å². The molecule has 0 spiro atoms. The number of thioether (sulfide) groups is 1. The van der Waals surface area contributed by atoms with E-state index in [1.807, 2.05) is 0 Å². The highest BCUT2D eigenvalue weighted by molar-refractivity contribution is 8.00. The fraction of sp³-hybridized carbons (Fsp3) is 0.625. The lowest BCUT2D eigenvalue weighted by Crippen LogP contribution is -2.39. The molecule has 2 aliphatic heterocycles. The standard InChI is InChI=1S/C16H22ClNOS/c1-18-14(15-4-2-3-7-20-15)10-12-9-13(17)8-11-5-6-19-16(11)12/h8-9,14-15,18H,2-7,10H2,1H3. The lowest BCUT2D eigenvalue weighted by Gasteiger charge is -2.30. The van der Waals surface area contributed by atoms with Crippen LogP contribution >= 0.6 is 23.4 Å². The minimum Gasteiger partial charge on any atom is -0.493 e. The first kappa shape index (κ1) is 14.6. The Morgan fingerprint density at radius 2 is 2.35 bits per heavy atom. The van der Waals surface area contributed by atoms with E-state index in [4.69, 9.17) is 16.3 Å². The van der Waals surface area contributed by atoms with E-state index in [0.717, 1.165) is 30.2 Å². The molecule has 2 unspecified atom stereocenters. The summed E-state index contributed by atoms with van der Waals surface area (Å²) in [4.78, 5) is 0. The minimum atomic E-state index is 0.507. The fourth-order valence-electron chi connectivity index (χ4n) is 3.24. The van der Waals surface area contributed by atoms with Gasteiger partial charge in [0.2, 0.25) is 0 Å².